The fraction of sp³-hybridized carbons (Fsp3) is 0.125. The van der Waals surface area contributed by atoms with Crippen molar-refractivity contribution in [3.05, 3.63) is 35.4 Å². The summed E-state index contributed by atoms with van der Waals surface area (Å²) in [7, 11) is 0. The van der Waals surface area contributed by atoms with E-state index < -0.39 is 5.97 Å². The van der Waals surface area contributed by atoms with Gasteiger partial charge in [0.15, 0.2) is 16.3 Å². The third kappa shape index (κ3) is 1.84. The molecule has 0 aliphatic heterocycles. The Bertz CT molecular complexity index is 288. The first-order chi connectivity index (χ1) is 5.79. The van der Waals surface area contributed by atoms with Crippen LogP contribution >= 0.6 is 16.3 Å². The average molecular weight is 230 g/mol. The Balaban J connectivity index is 3.04. The van der Waals surface area contributed by atoms with Crippen molar-refractivity contribution in [2.45, 2.75) is 6.54 Å². The highest BCUT2D eigenvalue weighted by atomic mass is 79.9. The molecule has 2 N–H and O–H groups in total. The molecule has 0 amide bonds. The predicted molar refractivity (Wildman–Crippen MR) is 48.7 cm³/mol. The minimum atomic E-state index is -0.420. The zero-order valence-corrected chi connectivity index (χ0v) is 7.87. The topological polar surface area (TPSA) is 52.3 Å². The second-order valence-electron chi connectivity index (χ2n) is 2.23. The molecule has 4 heteroatoms. The molecule has 1 rings (SSSR count). The molecule has 0 spiro atoms. The van der Waals surface area contributed by atoms with Crippen LogP contribution in [0, 0.1) is 0 Å². The van der Waals surface area contributed by atoms with Gasteiger partial charge in [0.2, 0.25) is 0 Å². The Hall–Kier alpha value is -0.870. The standard InChI is InChI=1S/C8H8BrNO2/c9-12-8(11)7-4-2-1-3-6(7)5-10/h1-4H,5,10H2. The van der Waals surface area contributed by atoms with Gasteiger partial charge in [-0.3, -0.25) is 0 Å². The van der Waals surface area contributed by atoms with Gasteiger partial charge in [0.05, 0.1) is 5.56 Å². The molecule has 0 atom stereocenters. The maximum atomic E-state index is 11.1. The first kappa shape index (κ1) is 9.22. The highest BCUT2D eigenvalue weighted by molar-refractivity contribution is 9.06. The average Bonchev–Trinajstić information content (AvgIpc) is 2.16. The van der Waals surface area contributed by atoms with E-state index in [1.807, 2.05) is 6.07 Å². The van der Waals surface area contributed by atoms with Gasteiger partial charge in [-0.25, -0.2) is 4.79 Å². The lowest BCUT2D eigenvalue weighted by atomic mass is 10.1. The molecule has 0 saturated carbocycles. The molecule has 0 aliphatic carbocycles. The van der Waals surface area contributed by atoms with Crippen molar-refractivity contribution in [3.63, 3.8) is 0 Å². The lowest BCUT2D eigenvalue weighted by molar-refractivity contribution is 0.0781. The Kier molecular flexibility index (Phi) is 3.25. The van der Waals surface area contributed by atoms with Gasteiger partial charge in [-0.1, -0.05) is 18.2 Å². The van der Waals surface area contributed by atoms with Crippen LogP contribution < -0.4 is 5.73 Å². The molecule has 64 valence electrons. The van der Waals surface area contributed by atoms with Crippen LogP contribution in [0.4, 0.5) is 0 Å². The second-order valence-corrected chi connectivity index (χ2v) is 2.55. The Morgan fingerprint density at radius 1 is 1.50 bits per heavy atom. The number of rotatable bonds is 2. The van der Waals surface area contributed by atoms with Crippen LogP contribution in [0.15, 0.2) is 24.3 Å². The number of carbonyl (C=O) groups is 1. The minimum Gasteiger partial charge on any atom is -0.380 e. The van der Waals surface area contributed by atoms with Crippen LogP contribution in [0.1, 0.15) is 15.9 Å². The van der Waals surface area contributed by atoms with Gasteiger partial charge in [0, 0.05) is 6.54 Å². The summed E-state index contributed by atoms with van der Waals surface area (Å²) in [6.07, 6.45) is 0. The largest absolute Gasteiger partial charge is 0.380 e. The summed E-state index contributed by atoms with van der Waals surface area (Å²) >= 11 is 2.62. The fourth-order valence-corrected chi connectivity index (χ4v) is 1.11. The van der Waals surface area contributed by atoms with Crippen molar-refractivity contribution in [3.8, 4) is 0 Å². The van der Waals surface area contributed by atoms with E-state index in [2.05, 4.69) is 20.1 Å². The van der Waals surface area contributed by atoms with Gasteiger partial charge in [0.1, 0.15) is 0 Å². The number of nitrogens with two attached hydrogens (primary N) is 1. The van der Waals surface area contributed by atoms with E-state index in [-0.39, 0.29) is 0 Å². The zero-order valence-electron chi connectivity index (χ0n) is 6.29. The summed E-state index contributed by atoms with van der Waals surface area (Å²) in [6, 6.07) is 7.05. The molecule has 0 saturated heterocycles. The van der Waals surface area contributed by atoms with Crippen molar-refractivity contribution >= 4 is 22.2 Å². The third-order valence-electron chi connectivity index (χ3n) is 1.53. The quantitative estimate of drug-likeness (QED) is 0.839. The Labute approximate surface area is 79.0 Å². The van der Waals surface area contributed by atoms with E-state index in [0.717, 1.165) is 5.56 Å². The molecule has 12 heavy (non-hydrogen) atoms. The normalized spacial score (nSPS) is 9.50. The Morgan fingerprint density at radius 2 is 2.17 bits per heavy atom. The third-order valence-corrected chi connectivity index (χ3v) is 1.82. The molecular formula is C8H8BrNO2. The van der Waals surface area contributed by atoms with Crippen molar-refractivity contribution in [2.24, 2.45) is 5.73 Å². The molecule has 0 radical (unpaired) electrons. The molecule has 0 unspecified atom stereocenters. The van der Waals surface area contributed by atoms with Crippen LogP contribution in [0.3, 0.4) is 0 Å². The van der Waals surface area contributed by atoms with Gasteiger partial charge in [-0.2, -0.15) is 0 Å². The molecular weight excluding hydrogens is 222 g/mol. The van der Waals surface area contributed by atoms with Gasteiger partial charge < -0.3 is 9.56 Å². The summed E-state index contributed by atoms with van der Waals surface area (Å²) < 4.78 is 4.40. The maximum Gasteiger partial charge on any atom is 0.349 e. The summed E-state index contributed by atoms with van der Waals surface area (Å²) in [5, 5.41) is 0. The van der Waals surface area contributed by atoms with E-state index >= 15 is 0 Å². The lowest BCUT2D eigenvalue weighted by Crippen LogP contribution is -2.06. The van der Waals surface area contributed by atoms with Crippen molar-refractivity contribution in [1.29, 1.82) is 0 Å². The highest BCUT2D eigenvalue weighted by Gasteiger charge is 2.09. The van der Waals surface area contributed by atoms with Gasteiger partial charge in [0.25, 0.3) is 0 Å². The molecule has 0 aliphatic rings. The van der Waals surface area contributed by atoms with Crippen molar-refractivity contribution in [2.75, 3.05) is 0 Å². The maximum absolute atomic E-state index is 11.1. The summed E-state index contributed by atoms with van der Waals surface area (Å²) in [5.74, 6) is -0.420. The fourth-order valence-electron chi connectivity index (χ4n) is 0.939. The van der Waals surface area contributed by atoms with Gasteiger partial charge >= 0.3 is 5.97 Å². The number of hydrogen-bond acceptors (Lipinski definition) is 3. The Morgan fingerprint density at radius 3 is 2.75 bits per heavy atom. The molecule has 0 bridgehead atoms. The van der Waals surface area contributed by atoms with Crippen LogP contribution in [0.2, 0.25) is 0 Å². The number of carbonyl (C=O) groups excluding carboxylic acids is 1. The summed E-state index contributed by atoms with van der Waals surface area (Å²) in [4.78, 5) is 11.1. The number of hydrogen-bond donors (Lipinski definition) is 1. The number of halogens is 1. The smallest absolute Gasteiger partial charge is 0.349 e. The molecule has 1 aromatic carbocycles. The molecule has 0 heterocycles. The predicted octanol–water partition coefficient (Wildman–Crippen LogP) is 1.61. The van der Waals surface area contributed by atoms with E-state index in [1.54, 1.807) is 18.2 Å². The van der Waals surface area contributed by atoms with Crippen LogP contribution in [0.25, 0.3) is 0 Å². The number of benzene rings is 1. The van der Waals surface area contributed by atoms with E-state index in [4.69, 9.17) is 5.73 Å². The second kappa shape index (κ2) is 4.23. The summed E-state index contributed by atoms with van der Waals surface area (Å²) in [6.45, 7) is 0.332. The minimum absolute atomic E-state index is 0.332. The molecule has 0 fully saturated rings. The van der Waals surface area contributed by atoms with Gasteiger partial charge in [-0.05, 0) is 11.6 Å². The first-order valence-corrected chi connectivity index (χ1v) is 4.05. The summed E-state index contributed by atoms with van der Waals surface area (Å²) in [5.41, 5.74) is 6.70. The van der Waals surface area contributed by atoms with E-state index in [9.17, 15) is 4.79 Å². The van der Waals surface area contributed by atoms with Crippen molar-refractivity contribution < 1.29 is 8.62 Å². The van der Waals surface area contributed by atoms with Crippen molar-refractivity contribution in [1.82, 2.24) is 0 Å². The molecule has 0 aromatic heterocycles. The van der Waals surface area contributed by atoms with Gasteiger partial charge in [-0.15, -0.1) is 0 Å². The first-order valence-electron chi connectivity index (χ1n) is 3.40. The van der Waals surface area contributed by atoms with Crippen LogP contribution in [0.5, 0.6) is 0 Å². The van der Waals surface area contributed by atoms with Crippen LogP contribution in [-0.4, -0.2) is 5.97 Å². The molecule has 3 nitrogen and oxygen atoms in total. The van der Waals surface area contributed by atoms with E-state index in [0.29, 0.717) is 12.1 Å². The monoisotopic (exact) mass is 229 g/mol. The lowest BCUT2D eigenvalue weighted by Gasteiger charge is -2.02. The van der Waals surface area contributed by atoms with E-state index in [1.165, 1.54) is 0 Å². The molecule has 1 aromatic rings. The van der Waals surface area contributed by atoms with Crippen LogP contribution in [-0.2, 0) is 10.4 Å². The highest BCUT2D eigenvalue weighted by Crippen LogP contribution is 2.10. The zero-order chi connectivity index (χ0) is 8.97. The SMILES string of the molecule is NCc1ccccc1C(=O)OBr.